The number of benzene rings is 2. The number of aromatic amines is 1. The van der Waals surface area contributed by atoms with Crippen molar-refractivity contribution in [3.05, 3.63) is 70.9 Å². The number of nitrogens with one attached hydrogen (secondary N) is 1. The lowest BCUT2D eigenvalue weighted by molar-refractivity contribution is -0.129. The zero-order chi connectivity index (χ0) is 16.4. The quantitative estimate of drug-likeness (QED) is 0.777. The van der Waals surface area contributed by atoms with E-state index in [0.717, 1.165) is 16.5 Å². The molecule has 0 aliphatic carbocycles. The van der Waals surface area contributed by atoms with Crippen LogP contribution < -0.4 is 0 Å². The first-order chi connectivity index (χ1) is 11.0. The van der Waals surface area contributed by atoms with Crippen molar-refractivity contribution in [3.8, 4) is 0 Å². The predicted molar refractivity (Wildman–Crippen MR) is 94.4 cm³/mol. The molecule has 0 aliphatic heterocycles. The number of amides is 1. The number of hydrogen-bond acceptors (Lipinski definition) is 1. The fraction of sp³-hybridized carbons (Fsp3) is 0.250. The second-order valence-electron chi connectivity index (χ2n) is 6.22. The minimum absolute atomic E-state index is 0.134. The van der Waals surface area contributed by atoms with Crippen LogP contribution in [0.3, 0.4) is 0 Å². The molecule has 0 atom stereocenters. The van der Waals surface area contributed by atoms with Gasteiger partial charge in [-0.1, -0.05) is 42.0 Å². The van der Waals surface area contributed by atoms with Crippen molar-refractivity contribution in [3.63, 3.8) is 0 Å². The number of hydrogen-bond donors (Lipinski definition) is 1. The summed E-state index contributed by atoms with van der Waals surface area (Å²) in [5, 5.41) is 1.13. The Kier molecular flexibility index (Phi) is 4.20. The number of likely N-dealkylation sites (N-methyl/N-ethyl adjacent to an activating group) is 1. The topological polar surface area (TPSA) is 36.1 Å². The molecule has 23 heavy (non-hydrogen) atoms. The molecule has 1 aromatic heterocycles. The van der Waals surface area contributed by atoms with Crippen LogP contribution in [0, 0.1) is 13.8 Å². The van der Waals surface area contributed by atoms with E-state index in [9.17, 15) is 4.79 Å². The van der Waals surface area contributed by atoms with Gasteiger partial charge in [0.15, 0.2) is 0 Å². The molecule has 0 bridgehead atoms. The van der Waals surface area contributed by atoms with Crippen LogP contribution in [0.5, 0.6) is 0 Å². The number of fused-ring (bicyclic) bond motifs is 1. The summed E-state index contributed by atoms with van der Waals surface area (Å²) in [6, 6.07) is 14.5. The lowest BCUT2D eigenvalue weighted by Crippen LogP contribution is -2.28. The largest absolute Gasteiger partial charge is 0.361 e. The molecule has 1 heterocycles. The third-order valence-electron chi connectivity index (χ3n) is 4.35. The molecule has 1 N–H and O–H groups in total. The molecule has 118 valence electrons. The van der Waals surface area contributed by atoms with E-state index in [4.69, 9.17) is 0 Å². The van der Waals surface area contributed by atoms with Crippen LogP contribution in [0.4, 0.5) is 0 Å². The molecule has 0 fully saturated rings. The molecule has 0 saturated heterocycles. The highest BCUT2D eigenvalue weighted by Crippen LogP contribution is 2.19. The Labute approximate surface area is 136 Å². The molecule has 0 unspecified atom stereocenters. The molecule has 1 amide bonds. The van der Waals surface area contributed by atoms with Crippen molar-refractivity contribution in [1.29, 1.82) is 0 Å². The van der Waals surface area contributed by atoms with Crippen LogP contribution >= 0.6 is 0 Å². The minimum atomic E-state index is 0.134. The summed E-state index contributed by atoms with van der Waals surface area (Å²) < 4.78 is 0. The molecular formula is C20H22N2O. The molecule has 0 saturated carbocycles. The van der Waals surface area contributed by atoms with Gasteiger partial charge in [-0.05, 0) is 36.6 Å². The number of carbonyl (C=O) groups excluding carboxylic acids is 1. The van der Waals surface area contributed by atoms with E-state index < -0.39 is 0 Å². The van der Waals surface area contributed by atoms with Crippen molar-refractivity contribution >= 4 is 16.8 Å². The molecule has 3 rings (SSSR count). The number of para-hydroxylation sites is 1. The number of aromatic nitrogens is 1. The number of nitrogens with zero attached hydrogens (tertiary/aromatic N) is 1. The zero-order valence-corrected chi connectivity index (χ0v) is 13.9. The van der Waals surface area contributed by atoms with Crippen LogP contribution in [-0.4, -0.2) is 22.8 Å². The second-order valence-corrected chi connectivity index (χ2v) is 6.22. The minimum Gasteiger partial charge on any atom is -0.361 e. The smallest absolute Gasteiger partial charge is 0.227 e. The molecule has 3 aromatic rings. The van der Waals surface area contributed by atoms with Crippen LogP contribution in [0.25, 0.3) is 10.9 Å². The fourth-order valence-corrected chi connectivity index (χ4v) is 2.94. The first-order valence-corrected chi connectivity index (χ1v) is 7.89. The summed E-state index contributed by atoms with van der Waals surface area (Å²) in [5.41, 5.74) is 5.81. The van der Waals surface area contributed by atoms with Gasteiger partial charge in [-0.2, -0.15) is 0 Å². The summed E-state index contributed by atoms with van der Waals surface area (Å²) in [7, 11) is 1.87. The Balaban J connectivity index is 1.72. The average Bonchev–Trinajstić information content (AvgIpc) is 2.93. The van der Waals surface area contributed by atoms with E-state index in [1.807, 2.05) is 31.4 Å². The van der Waals surface area contributed by atoms with Crippen LogP contribution in [0.1, 0.15) is 22.3 Å². The number of H-pyrrole nitrogens is 1. The monoisotopic (exact) mass is 306 g/mol. The first-order valence-electron chi connectivity index (χ1n) is 7.89. The van der Waals surface area contributed by atoms with Gasteiger partial charge in [-0.25, -0.2) is 0 Å². The molecule has 3 nitrogen and oxygen atoms in total. The van der Waals surface area contributed by atoms with Crippen molar-refractivity contribution in [2.24, 2.45) is 0 Å². The molecule has 2 aromatic carbocycles. The van der Waals surface area contributed by atoms with Gasteiger partial charge < -0.3 is 9.88 Å². The Morgan fingerprint density at radius 3 is 2.65 bits per heavy atom. The summed E-state index contributed by atoms with van der Waals surface area (Å²) in [6.45, 7) is 4.83. The van der Waals surface area contributed by atoms with E-state index in [1.165, 1.54) is 16.7 Å². The van der Waals surface area contributed by atoms with Gasteiger partial charge in [-0.15, -0.1) is 0 Å². The van der Waals surface area contributed by atoms with Crippen LogP contribution in [0.2, 0.25) is 0 Å². The van der Waals surface area contributed by atoms with Gasteiger partial charge in [-0.3, -0.25) is 4.79 Å². The van der Waals surface area contributed by atoms with E-state index in [0.29, 0.717) is 13.0 Å². The summed E-state index contributed by atoms with van der Waals surface area (Å²) in [4.78, 5) is 17.6. The van der Waals surface area contributed by atoms with E-state index in [2.05, 4.69) is 43.1 Å². The maximum atomic E-state index is 12.5. The Morgan fingerprint density at radius 1 is 1.09 bits per heavy atom. The highest BCUT2D eigenvalue weighted by atomic mass is 16.2. The van der Waals surface area contributed by atoms with E-state index in [-0.39, 0.29) is 5.91 Å². The SMILES string of the molecule is Cc1ccc(CN(C)C(=O)Cc2c[nH]c3ccccc23)c(C)c1. The van der Waals surface area contributed by atoms with Gasteiger partial charge in [0.1, 0.15) is 0 Å². The molecule has 0 aliphatic rings. The van der Waals surface area contributed by atoms with Crippen molar-refractivity contribution in [2.45, 2.75) is 26.8 Å². The average molecular weight is 306 g/mol. The maximum absolute atomic E-state index is 12.5. The second kappa shape index (κ2) is 6.29. The first kappa shape index (κ1) is 15.3. The van der Waals surface area contributed by atoms with Gasteiger partial charge in [0, 0.05) is 30.7 Å². The Hall–Kier alpha value is -2.55. The third kappa shape index (κ3) is 3.29. The summed E-state index contributed by atoms with van der Waals surface area (Å²) >= 11 is 0. The zero-order valence-electron chi connectivity index (χ0n) is 13.9. The van der Waals surface area contributed by atoms with Crippen molar-refractivity contribution < 1.29 is 4.79 Å². The molecule has 0 radical (unpaired) electrons. The van der Waals surface area contributed by atoms with E-state index >= 15 is 0 Å². The van der Waals surface area contributed by atoms with Crippen molar-refractivity contribution in [1.82, 2.24) is 9.88 Å². The number of aryl methyl sites for hydroxylation is 2. The Bertz CT molecular complexity index is 848. The Morgan fingerprint density at radius 2 is 1.87 bits per heavy atom. The lowest BCUT2D eigenvalue weighted by Gasteiger charge is -2.18. The normalized spacial score (nSPS) is 10.9. The van der Waals surface area contributed by atoms with Gasteiger partial charge >= 0.3 is 0 Å². The maximum Gasteiger partial charge on any atom is 0.227 e. The molecule has 3 heteroatoms. The van der Waals surface area contributed by atoms with E-state index in [1.54, 1.807) is 4.90 Å². The van der Waals surface area contributed by atoms with Crippen LogP contribution in [-0.2, 0) is 17.8 Å². The highest BCUT2D eigenvalue weighted by molar-refractivity contribution is 5.88. The summed E-state index contributed by atoms with van der Waals surface area (Å²) in [5.74, 6) is 0.134. The molecule has 0 spiro atoms. The van der Waals surface area contributed by atoms with Crippen LogP contribution in [0.15, 0.2) is 48.7 Å². The number of carbonyl (C=O) groups is 1. The molecular weight excluding hydrogens is 284 g/mol. The lowest BCUT2D eigenvalue weighted by atomic mass is 10.0. The standard InChI is InChI=1S/C20H22N2O/c1-14-8-9-16(15(2)10-14)13-22(3)20(23)11-17-12-21-19-7-5-4-6-18(17)19/h4-10,12,21H,11,13H2,1-3H3. The van der Waals surface area contributed by atoms with Gasteiger partial charge in [0.05, 0.1) is 6.42 Å². The fourth-order valence-electron chi connectivity index (χ4n) is 2.94. The predicted octanol–water partition coefficient (Wildman–Crippen LogP) is 3.99. The summed E-state index contributed by atoms with van der Waals surface area (Å²) in [6.07, 6.45) is 2.36. The number of rotatable bonds is 4. The van der Waals surface area contributed by atoms with Crippen molar-refractivity contribution in [2.75, 3.05) is 7.05 Å². The highest BCUT2D eigenvalue weighted by Gasteiger charge is 2.13. The van der Waals surface area contributed by atoms with Gasteiger partial charge in [0.25, 0.3) is 0 Å². The van der Waals surface area contributed by atoms with Gasteiger partial charge in [0.2, 0.25) is 5.91 Å². The third-order valence-corrected chi connectivity index (χ3v) is 4.35.